The van der Waals surface area contributed by atoms with Gasteiger partial charge in [0.1, 0.15) is 12.4 Å². The van der Waals surface area contributed by atoms with Gasteiger partial charge in [-0.1, -0.05) is 36.4 Å². The molecular weight excluding hydrogens is 360 g/mol. The highest BCUT2D eigenvalue weighted by molar-refractivity contribution is 8.18. The first-order valence-electron chi connectivity index (χ1n) is 8.48. The first-order valence-corrected chi connectivity index (χ1v) is 9.30. The largest absolute Gasteiger partial charge is 0.488 e. The van der Waals surface area contributed by atoms with Crippen LogP contribution >= 0.6 is 11.8 Å². The van der Waals surface area contributed by atoms with Crippen LogP contribution in [0, 0.1) is 11.3 Å². The third kappa shape index (κ3) is 4.04. The number of hydrogen-bond donors (Lipinski definition) is 0. The number of amides is 2. The average molecular weight is 378 g/mol. The number of hydrogen-bond acceptors (Lipinski definition) is 5. The number of nitrogens with zero attached hydrogens (tertiary/aromatic N) is 2. The van der Waals surface area contributed by atoms with Crippen molar-refractivity contribution in [2.75, 3.05) is 0 Å². The second kappa shape index (κ2) is 8.11. The van der Waals surface area contributed by atoms with E-state index in [1.807, 2.05) is 44.2 Å². The van der Waals surface area contributed by atoms with Crippen LogP contribution in [-0.2, 0) is 11.4 Å². The van der Waals surface area contributed by atoms with Crippen LogP contribution in [0.1, 0.15) is 30.5 Å². The Morgan fingerprint density at radius 1 is 1.15 bits per heavy atom. The Kier molecular flexibility index (Phi) is 5.63. The van der Waals surface area contributed by atoms with Crippen molar-refractivity contribution >= 4 is 29.0 Å². The first-order chi connectivity index (χ1) is 13.0. The highest BCUT2D eigenvalue weighted by Gasteiger charge is 2.36. The summed E-state index contributed by atoms with van der Waals surface area (Å²) in [5.41, 5.74) is 2.06. The fourth-order valence-corrected chi connectivity index (χ4v) is 3.66. The third-order valence-electron chi connectivity index (χ3n) is 4.07. The van der Waals surface area contributed by atoms with Crippen LogP contribution in [0.15, 0.2) is 53.4 Å². The molecule has 0 radical (unpaired) electrons. The Bertz CT molecular complexity index is 960. The molecule has 0 unspecified atom stereocenters. The maximum atomic E-state index is 12.5. The number of carbonyl (C=O) groups is 2. The molecule has 27 heavy (non-hydrogen) atoms. The van der Waals surface area contributed by atoms with Gasteiger partial charge in [0, 0.05) is 17.2 Å². The van der Waals surface area contributed by atoms with Gasteiger partial charge < -0.3 is 4.74 Å². The van der Waals surface area contributed by atoms with Crippen molar-refractivity contribution in [3.8, 4) is 11.8 Å². The Morgan fingerprint density at radius 2 is 1.85 bits per heavy atom. The zero-order valence-corrected chi connectivity index (χ0v) is 15.8. The monoisotopic (exact) mass is 378 g/mol. The SMILES string of the molecule is CC(C)N1C(=O)SC(=Cc2ccccc2OCc2ccccc2C#N)C1=O. The van der Waals surface area contributed by atoms with Gasteiger partial charge >= 0.3 is 0 Å². The van der Waals surface area contributed by atoms with Gasteiger partial charge in [0.25, 0.3) is 11.1 Å². The van der Waals surface area contributed by atoms with E-state index in [0.29, 0.717) is 21.8 Å². The molecule has 0 atom stereocenters. The summed E-state index contributed by atoms with van der Waals surface area (Å²) >= 11 is 0.934. The molecule has 0 aliphatic carbocycles. The van der Waals surface area contributed by atoms with E-state index in [-0.39, 0.29) is 23.8 Å². The summed E-state index contributed by atoms with van der Waals surface area (Å²) in [6, 6.07) is 16.5. The Morgan fingerprint density at radius 3 is 2.56 bits per heavy atom. The van der Waals surface area contributed by atoms with Gasteiger partial charge in [-0.15, -0.1) is 0 Å². The molecule has 5 nitrogen and oxygen atoms in total. The van der Waals surface area contributed by atoms with Crippen molar-refractivity contribution in [3.05, 3.63) is 70.1 Å². The van der Waals surface area contributed by atoms with Gasteiger partial charge in [-0.25, -0.2) is 0 Å². The molecule has 1 fully saturated rings. The van der Waals surface area contributed by atoms with Crippen LogP contribution in [0.4, 0.5) is 4.79 Å². The summed E-state index contributed by atoms with van der Waals surface area (Å²) in [7, 11) is 0. The summed E-state index contributed by atoms with van der Waals surface area (Å²) in [4.78, 5) is 26.2. The molecule has 0 aromatic heterocycles. The van der Waals surface area contributed by atoms with Gasteiger partial charge in [0.05, 0.1) is 16.5 Å². The smallest absolute Gasteiger partial charge is 0.293 e. The minimum Gasteiger partial charge on any atom is -0.488 e. The van der Waals surface area contributed by atoms with Crippen molar-refractivity contribution < 1.29 is 14.3 Å². The zero-order valence-electron chi connectivity index (χ0n) is 15.0. The van der Waals surface area contributed by atoms with Crippen LogP contribution < -0.4 is 4.74 Å². The number of thioether (sulfide) groups is 1. The summed E-state index contributed by atoms with van der Waals surface area (Å²) in [6.07, 6.45) is 1.68. The lowest BCUT2D eigenvalue weighted by atomic mass is 10.1. The van der Waals surface area contributed by atoms with Gasteiger partial charge in [-0.3, -0.25) is 14.5 Å². The number of carbonyl (C=O) groups excluding carboxylic acids is 2. The quantitative estimate of drug-likeness (QED) is 0.712. The van der Waals surface area contributed by atoms with Gasteiger partial charge in [0.2, 0.25) is 0 Å². The normalized spacial score (nSPS) is 15.5. The molecule has 2 amide bonds. The number of nitriles is 1. The molecule has 2 aromatic carbocycles. The van der Waals surface area contributed by atoms with E-state index >= 15 is 0 Å². The molecule has 136 valence electrons. The maximum Gasteiger partial charge on any atom is 0.293 e. The van der Waals surface area contributed by atoms with Crippen LogP contribution in [0.5, 0.6) is 5.75 Å². The van der Waals surface area contributed by atoms with Crippen molar-refractivity contribution in [2.45, 2.75) is 26.5 Å². The summed E-state index contributed by atoms with van der Waals surface area (Å²) < 4.78 is 5.90. The molecule has 1 heterocycles. The van der Waals surface area contributed by atoms with Crippen LogP contribution in [0.2, 0.25) is 0 Å². The minimum atomic E-state index is -0.287. The Hall–Kier alpha value is -3.04. The van der Waals surface area contributed by atoms with Gasteiger partial charge in [-0.2, -0.15) is 5.26 Å². The number of imide groups is 1. The molecule has 6 heteroatoms. The van der Waals surface area contributed by atoms with Crippen molar-refractivity contribution in [3.63, 3.8) is 0 Å². The van der Waals surface area contributed by atoms with Crippen LogP contribution in [-0.4, -0.2) is 22.1 Å². The lowest BCUT2D eigenvalue weighted by Crippen LogP contribution is -2.34. The fraction of sp³-hybridized carbons (Fsp3) is 0.190. The maximum absolute atomic E-state index is 12.5. The number of rotatable bonds is 5. The zero-order chi connectivity index (χ0) is 19.4. The van der Waals surface area contributed by atoms with Crippen LogP contribution in [0.3, 0.4) is 0 Å². The second-order valence-electron chi connectivity index (χ2n) is 6.24. The predicted molar refractivity (Wildman–Crippen MR) is 105 cm³/mol. The first kappa shape index (κ1) is 18.7. The summed E-state index contributed by atoms with van der Waals surface area (Å²) in [5.74, 6) is 0.297. The molecule has 3 rings (SSSR count). The molecule has 1 saturated heterocycles. The second-order valence-corrected chi connectivity index (χ2v) is 7.23. The lowest BCUT2D eigenvalue weighted by molar-refractivity contribution is -0.123. The van der Waals surface area contributed by atoms with Crippen molar-refractivity contribution in [1.82, 2.24) is 4.90 Å². The molecule has 2 aromatic rings. The van der Waals surface area contributed by atoms with E-state index in [4.69, 9.17) is 4.74 Å². The summed E-state index contributed by atoms with van der Waals surface area (Å²) in [6.45, 7) is 3.86. The predicted octanol–water partition coefficient (Wildman–Crippen LogP) is 4.58. The Balaban J connectivity index is 1.84. The van der Waals surface area contributed by atoms with E-state index in [2.05, 4.69) is 6.07 Å². The van der Waals surface area contributed by atoms with E-state index in [0.717, 1.165) is 17.3 Å². The van der Waals surface area contributed by atoms with Crippen molar-refractivity contribution in [2.24, 2.45) is 0 Å². The average Bonchev–Trinajstić information content (AvgIpc) is 2.94. The van der Waals surface area contributed by atoms with E-state index in [9.17, 15) is 14.9 Å². The van der Waals surface area contributed by atoms with E-state index < -0.39 is 0 Å². The van der Waals surface area contributed by atoms with Crippen LogP contribution in [0.25, 0.3) is 6.08 Å². The third-order valence-corrected chi connectivity index (χ3v) is 4.95. The number of ether oxygens (including phenoxy) is 1. The van der Waals surface area contributed by atoms with E-state index in [1.54, 1.807) is 24.3 Å². The number of para-hydroxylation sites is 1. The molecular formula is C21H18N2O3S. The molecule has 0 N–H and O–H groups in total. The lowest BCUT2D eigenvalue weighted by Gasteiger charge is -2.16. The number of benzene rings is 2. The topological polar surface area (TPSA) is 70.4 Å². The molecule has 0 saturated carbocycles. The fourth-order valence-electron chi connectivity index (χ4n) is 2.71. The summed E-state index contributed by atoms with van der Waals surface area (Å²) in [5, 5.41) is 8.93. The van der Waals surface area contributed by atoms with Gasteiger partial charge in [0.15, 0.2) is 0 Å². The molecule has 1 aliphatic rings. The highest BCUT2D eigenvalue weighted by Crippen LogP contribution is 2.35. The van der Waals surface area contributed by atoms with Crippen molar-refractivity contribution in [1.29, 1.82) is 5.26 Å². The molecule has 0 spiro atoms. The standard InChI is InChI=1S/C21H18N2O3S/c1-14(2)23-20(24)19(27-21(23)25)11-15-7-5-6-10-18(15)26-13-17-9-4-3-8-16(17)12-22/h3-11,14H,13H2,1-2H3. The molecule has 1 aliphatic heterocycles. The Labute approximate surface area is 162 Å². The minimum absolute atomic E-state index is 0.183. The van der Waals surface area contributed by atoms with E-state index in [1.165, 1.54) is 4.90 Å². The highest BCUT2D eigenvalue weighted by atomic mass is 32.2. The molecule has 0 bridgehead atoms. The van der Waals surface area contributed by atoms with Gasteiger partial charge in [-0.05, 0) is 43.8 Å².